The number of amides is 2. The molecule has 1 aromatic carbocycles. The Bertz CT molecular complexity index is 451. The van der Waals surface area contributed by atoms with E-state index in [-0.39, 0.29) is 0 Å². The van der Waals surface area contributed by atoms with Gasteiger partial charge in [0.1, 0.15) is 6.04 Å². The van der Waals surface area contributed by atoms with E-state index in [1.807, 2.05) is 37.4 Å². The van der Waals surface area contributed by atoms with Crippen LogP contribution in [0, 0.1) is 0 Å². The molecule has 1 rings (SSSR count). The number of nitrogens with zero attached hydrogens (tertiary/aromatic N) is 1. The molecule has 0 aliphatic carbocycles. The lowest BCUT2D eigenvalue weighted by atomic mass is 10.2. The van der Waals surface area contributed by atoms with Crippen LogP contribution in [0.2, 0.25) is 0 Å². The van der Waals surface area contributed by atoms with Crippen LogP contribution in [-0.4, -0.2) is 43.3 Å². The van der Waals surface area contributed by atoms with E-state index >= 15 is 0 Å². The van der Waals surface area contributed by atoms with Crippen LogP contribution in [-0.2, 0) is 4.79 Å². The Hall–Kier alpha value is -2.24. The molecule has 0 saturated carbocycles. The number of anilines is 1. The zero-order valence-corrected chi connectivity index (χ0v) is 12.5. The predicted molar refractivity (Wildman–Crippen MR) is 82.6 cm³/mol. The summed E-state index contributed by atoms with van der Waals surface area (Å²) in [4.78, 5) is 24.4. The molecule has 0 radical (unpaired) electrons. The summed E-state index contributed by atoms with van der Waals surface area (Å²) in [6.45, 7) is 3.02. The molecule has 0 aliphatic rings. The summed E-state index contributed by atoms with van der Waals surface area (Å²) in [6.07, 6.45) is 1.14. The van der Waals surface area contributed by atoms with E-state index in [9.17, 15) is 9.59 Å². The van der Waals surface area contributed by atoms with Gasteiger partial charge in [0.25, 0.3) is 0 Å². The van der Waals surface area contributed by atoms with Crippen molar-refractivity contribution >= 4 is 17.7 Å². The Balaban J connectivity index is 2.22. The van der Waals surface area contributed by atoms with Crippen molar-refractivity contribution in [1.29, 1.82) is 0 Å². The zero-order valence-electron chi connectivity index (χ0n) is 12.5. The molecule has 21 heavy (non-hydrogen) atoms. The van der Waals surface area contributed by atoms with Crippen molar-refractivity contribution in [3.63, 3.8) is 0 Å². The molecule has 0 fully saturated rings. The van der Waals surface area contributed by atoms with Crippen LogP contribution >= 0.6 is 0 Å². The average molecular weight is 293 g/mol. The Kier molecular flexibility index (Phi) is 7.08. The summed E-state index contributed by atoms with van der Waals surface area (Å²) >= 11 is 0. The van der Waals surface area contributed by atoms with Crippen LogP contribution in [0.15, 0.2) is 30.3 Å². The number of hydrogen-bond acceptors (Lipinski definition) is 3. The van der Waals surface area contributed by atoms with Crippen molar-refractivity contribution < 1.29 is 14.7 Å². The SMILES string of the molecule is CC[C@@H](NC(=O)NCCCN(C)c1ccccc1)C(=O)O. The fraction of sp³-hybridized carbons (Fsp3) is 0.467. The fourth-order valence-electron chi connectivity index (χ4n) is 1.88. The number of nitrogens with one attached hydrogen (secondary N) is 2. The topological polar surface area (TPSA) is 81.7 Å². The van der Waals surface area contributed by atoms with Crippen molar-refractivity contribution in [2.45, 2.75) is 25.8 Å². The van der Waals surface area contributed by atoms with Gasteiger partial charge in [0.15, 0.2) is 0 Å². The number of carboxylic acid groups (broad SMARTS) is 1. The summed E-state index contributed by atoms with van der Waals surface area (Å²) in [5.74, 6) is -1.02. The second kappa shape index (κ2) is 8.84. The van der Waals surface area contributed by atoms with Crippen LogP contribution in [0.1, 0.15) is 19.8 Å². The summed E-state index contributed by atoms with van der Waals surface area (Å²) < 4.78 is 0. The maximum absolute atomic E-state index is 11.5. The maximum Gasteiger partial charge on any atom is 0.326 e. The molecule has 0 bridgehead atoms. The van der Waals surface area contributed by atoms with Crippen molar-refractivity contribution in [2.75, 3.05) is 25.0 Å². The first kappa shape index (κ1) is 16.8. The van der Waals surface area contributed by atoms with Crippen molar-refractivity contribution in [3.8, 4) is 0 Å². The lowest BCUT2D eigenvalue weighted by Gasteiger charge is -2.19. The number of hydrogen-bond donors (Lipinski definition) is 3. The van der Waals surface area contributed by atoms with Crippen molar-refractivity contribution in [2.24, 2.45) is 0 Å². The van der Waals surface area contributed by atoms with Crippen molar-refractivity contribution in [3.05, 3.63) is 30.3 Å². The average Bonchev–Trinajstić information content (AvgIpc) is 2.49. The Labute approximate surface area is 125 Å². The highest BCUT2D eigenvalue weighted by molar-refractivity contribution is 5.82. The number of benzene rings is 1. The summed E-state index contributed by atoms with van der Waals surface area (Å²) in [7, 11) is 1.99. The molecule has 2 amide bonds. The van der Waals surface area contributed by atoms with Crippen LogP contribution < -0.4 is 15.5 Å². The number of carboxylic acids is 1. The normalized spacial score (nSPS) is 11.5. The molecule has 0 aliphatic heterocycles. The lowest BCUT2D eigenvalue weighted by Crippen LogP contribution is -2.46. The van der Waals surface area contributed by atoms with E-state index in [4.69, 9.17) is 5.11 Å². The second-order valence-electron chi connectivity index (χ2n) is 4.81. The van der Waals surface area contributed by atoms with E-state index < -0.39 is 18.0 Å². The summed E-state index contributed by atoms with van der Waals surface area (Å²) in [6, 6.07) is 8.71. The third kappa shape index (κ3) is 6.16. The minimum Gasteiger partial charge on any atom is -0.480 e. The highest BCUT2D eigenvalue weighted by Gasteiger charge is 2.16. The first-order valence-electron chi connectivity index (χ1n) is 7.08. The Morgan fingerprint density at radius 1 is 1.29 bits per heavy atom. The molecule has 0 heterocycles. The minimum atomic E-state index is -1.02. The molecule has 1 atom stereocenters. The Morgan fingerprint density at radius 3 is 2.52 bits per heavy atom. The van der Waals surface area contributed by atoms with Gasteiger partial charge in [-0.2, -0.15) is 0 Å². The Morgan fingerprint density at radius 2 is 1.95 bits per heavy atom. The van der Waals surface area contributed by atoms with Gasteiger partial charge >= 0.3 is 12.0 Å². The summed E-state index contributed by atoms with van der Waals surface area (Å²) in [5, 5.41) is 13.9. The van der Waals surface area contributed by atoms with Gasteiger partial charge in [0, 0.05) is 25.8 Å². The van der Waals surface area contributed by atoms with Crippen LogP contribution in [0.3, 0.4) is 0 Å². The minimum absolute atomic E-state index is 0.361. The maximum atomic E-state index is 11.5. The van der Waals surface area contributed by atoms with Gasteiger partial charge in [-0.05, 0) is 25.0 Å². The molecular formula is C15H23N3O3. The number of carbonyl (C=O) groups excluding carboxylic acids is 1. The second-order valence-corrected chi connectivity index (χ2v) is 4.81. The molecule has 0 aromatic heterocycles. The number of carbonyl (C=O) groups is 2. The van der Waals surface area contributed by atoms with Crippen LogP contribution in [0.5, 0.6) is 0 Å². The molecular weight excluding hydrogens is 270 g/mol. The van der Waals surface area contributed by atoms with Gasteiger partial charge in [-0.3, -0.25) is 0 Å². The van der Waals surface area contributed by atoms with Gasteiger partial charge in [0.05, 0.1) is 0 Å². The third-order valence-corrected chi connectivity index (χ3v) is 3.16. The molecule has 0 spiro atoms. The number of aliphatic carboxylic acids is 1. The first-order valence-corrected chi connectivity index (χ1v) is 7.08. The van der Waals surface area contributed by atoms with Gasteiger partial charge in [-0.25, -0.2) is 9.59 Å². The number of rotatable bonds is 8. The molecule has 6 heteroatoms. The van der Waals surface area contributed by atoms with Gasteiger partial charge in [0.2, 0.25) is 0 Å². The largest absolute Gasteiger partial charge is 0.480 e. The predicted octanol–water partition coefficient (Wildman–Crippen LogP) is 1.68. The lowest BCUT2D eigenvalue weighted by molar-refractivity contribution is -0.139. The van der Waals surface area contributed by atoms with Crippen LogP contribution in [0.4, 0.5) is 10.5 Å². The van der Waals surface area contributed by atoms with Gasteiger partial charge in [-0.1, -0.05) is 25.1 Å². The highest BCUT2D eigenvalue weighted by Crippen LogP contribution is 2.10. The third-order valence-electron chi connectivity index (χ3n) is 3.16. The van der Waals surface area contributed by atoms with E-state index in [0.29, 0.717) is 13.0 Å². The smallest absolute Gasteiger partial charge is 0.326 e. The van der Waals surface area contributed by atoms with Crippen LogP contribution in [0.25, 0.3) is 0 Å². The monoisotopic (exact) mass is 293 g/mol. The fourth-order valence-corrected chi connectivity index (χ4v) is 1.88. The zero-order chi connectivity index (χ0) is 15.7. The number of para-hydroxylation sites is 1. The standard InChI is InChI=1S/C15H23N3O3/c1-3-13(14(19)20)17-15(21)16-10-7-11-18(2)12-8-5-4-6-9-12/h4-6,8-9,13H,3,7,10-11H2,1-2H3,(H,19,20)(H2,16,17,21)/t13-/m1/s1. The molecule has 0 saturated heterocycles. The molecule has 3 N–H and O–H groups in total. The molecule has 1 aromatic rings. The van der Waals surface area contributed by atoms with E-state index in [2.05, 4.69) is 15.5 Å². The molecule has 6 nitrogen and oxygen atoms in total. The molecule has 0 unspecified atom stereocenters. The molecule has 116 valence electrons. The van der Waals surface area contributed by atoms with Crippen molar-refractivity contribution in [1.82, 2.24) is 10.6 Å². The number of urea groups is 1. The van der Waals surface area contributed by atoms with E-state index in [0.717, 1.165) is 18.7 Å². The van der Waals surface area contributed by atoms with E-state index in [1.165, 1.54) is 0 Å². The van der Waals surface area contributed by atoms with E-state index in [1.54, 1.807) is 6.92 Å². The first-order chi connectivity index (χ1) is 10.0. The quantitative estimate of drug-likeness (QED) is 0.637. The summed E-state index contributed by atoms with van der Waals surface area (Å²) in [5.41, 5.74) is 1.12. The van der Waals surface area contributed by atoms with Gasteiger partial charge in [-0.15, -0.1) is 0 Å². The highest BCUT2D eigenvalue weighted by atomic mass is 16.4. The van der Waals surface area contributed by atoms with Gasteiger partial charge < -0.3 is 20.6 Å².